The molecule has 9 heteroatoms. The van der Waals surface area contributed by atoms with Gasteiger partial charge in [-0.1, -0.05) is 6.07 Å². The predicted octanol–water partition coefficient (Wildman–Crippen LogP) is 2.33. The minimum atomic E-state index is -0.658. The Morgan fingerprint density at radius 3 is 2.30 bits per heavy atom. The summed E-state index contributed by atoms with van der Waals surface area (Å²) in [6.07, 6.45) is -0.385. The number of anilines is 1. The summed E-state index contributed by atoms with van der Waals surface area (Å²) in [6, 6.07) is 5.56. The molecule has 2 aliphatic rings. The zero-order chi connectivity index (χ0) is 22.1. The Labute approximate surface area is 175 Å². The maximum absolute atomic E-state index is 12.4. The molecule has 30 heavy (non-hydrogen) atoms. The first-order chi connectivity index (χ1) is 14.1. The summed E-state index contributed by atoms with van der Waals surface area (Å²) in [5.74, 6) is -1.31. The highest BCUT2D eigenvalue weighted by Gasteiger charge is 2.34. The first-order valence-electron chi connectivity index (χ1n) is 9.49. The van der Waals surface area contributed by atoms with Crippen LogP contribution in [0.5, 0.6) is 0 Å². The number of rotatable bonds is 3. The van der Waals surface area contributed by atoms with Crippen LogP contribution in [0.3, 0.4) is 0 Å². The van der Waals surface area contributed by atoms with Crippen LogP contribution >= 0.6 is 0 Å². The standard InChI is InChI=1S/C21H26N2O7/c1-21(2,3)30-20(26)22-9-13-6-7-15(8-14(13)10-22)23-12-29-11-16(18(24)27-4)17(23)19(25)28-5/h6-8H,9-12H2,1-5H3. The smallest absolute Gasteiger partial charge is 0.410 e. The maximum atomic E-state index is 12.4. The predicted molar refractivity (Wildman–Crippen MR) is 106 cm³/mol. The molecule has 0 fully saturated rings. The zero-order valence-electron chi connectivity index (χ0n) is 17.8. The molecule has 0 radical (unpaired) electrons. The van der Waals surface area contributed by atoms with Crippen molar-refractivity contribution >= 4 is 23.7 Å². The van der Waals surface area contributed by atoms with Crippen LogP contribution in [-0.2, 0) is 41.6 Å². The lowest BCUT2D eigenvalue weighted by Crippen LogP contribution is -2.38. The Hall–Kier alpha value is -3.07. The number of benzene rings is 1. The largest absolute Gasteiger partial charge is 0.466 e. The quantitative estimate of drug-likeness (QED) is 0.545. The summed E-state index contributed by atoms with van der Waals surface area (Å²) < 4.78 is 20.6. The maximum Gasteiger partial charge on any atom is 0.410 e. The second-order valence-electron chi connectivity index (χ2n) is 8.01. The Balaban J connectivity index is 1.90. The molecule has 0 bridgehead atoms. The number of amides is 1. The number of esters is 2. The summed E-state index contributed by atoms with van der Waals surface area (Å²) in [5.41, 5.74) is 2.14. The highest BCUT2D eigenvalue weighted by atomic mass is 16.6. The third-order valence-corrected chi connectivity index (χ3v) is 4.71. The van der Waals surface area contributed by atoms with E-state index in [-0.39, 0.29) is 30.7 Å². The average Bonchev–Trinajstić information content (AvgIpc) is 3.14. The van der Waals surface area contributed by atoms with Gasteiger partial charge in [-0.15, -0.1) is 0 Å². The lowest BCUT2D eigenvalue weighted by molar-refractivity contribution is -0.140. The van der Waals surface area contributed by atoms with Gasteiger partial charge in [-0.25, -0.2) is 14.4 Å². The number of ether oxygens (including phenoxy) is 4. The first kappa shape index (κ1) is 21.6. The van der Waals surface area contributed by atoms with E-state index in [9.17, 15) is 14.4 Å². The molecule has 0 atom stereocenters. The Kier molecular flexibility index (Phi) is 6.02. The van der Waals surface area contributed by atoms with Crippen molar-refractivity contribution in [2.45, 2.75) is 39.5 Å². The van der Waals surface area contributed by atoms with E-state index in [1.807, 2.05) is 39.0 Å². The fraction of sp³-hybridized carbons (Fsp3) is 0.476. The van der Waals surface area contributed by atoms with Gasteiger partial charge in [-0.2, -0.15) is 0 Å². The van der Waals surface area contributed by atoms with Crippen LogP contribution in [0, 0.1) is 0 Å². The highest BCUT2D eigenvalue weighted by Crippen LogP contribution is 2.32. The normalized spacial score (nSPS) is 16.3. The molecule has 0 spiro atoms. The van der Waals surface area contributed by atoms with Crippen molar-refractivity contribution < 1.29 is 33.3 Å². The molecule has 0 aromatic heterocycles. The van der Waals surface area contributed by atoms with Gasteiger partial charge in [0.15, 0.2) is 0 Å². The SMILES string of the molecule is COC(=O)C1=C(C(=O)OC)N(c2ccc3c(c2)CN(C(=O)OC(C)(C)C)C3)COC1. The molecule has 0 saturated heterocycles. The van der Waals surface area contributed by atoms with Crippen LogP contribution in [0.4, 0.5) is 10.5 Å². The molecular formula is C21H26N2O7. The second-order valence-corrected chi connectivity index (χ2v) is 8.01. The summed E-state index contributed by atoms with van der Waals surface area (Å²) in [5, 5.41) is 0. The molecule has 0 unspecified atom stereocenters. The van der Waals surface area contributed by atoms with Gasteiger partial charge in [0.1, 0.15) is 18.0 Å². The molecule has 0 saturated carbocycles. The van der Waals surface area contributed by atoms with Gasteiger partial charge in [0.05, 0.1) is 26.4 Å². The molecule has 0 N–H and O–H groups in total. The van der Waals surface area contributed by atoms with Crippen molar-refractivity contribution in [1.29, 1.82) is 0 Å². The van der Waals surface area contributed by atoms with Crippen LogP contribution in [0.2, 0.25) is 0 Å². The van der Waals surface area contributed by atoms with Gasteiger partial charge in [0.2, 0.25) is 0 Å². The Morgan fingerprint density at radius 1 is 1.00 bits per heavy atom. The number of nitrogens with zero attached hydrogens (tertiary/aromatic N) is 2. The molecule has 3 rings (SSSR count). The Bertz CT molecular complexity index is 901. The second kappa shape index (κ2) is 8.35. The van der Waals surface area contributed by atoms with Gasteiger partial charge < -0.3 is 23.8 Å². The number of carbonyl (C=O) groups is 3. The molecular weight excluding hydrogens is 392 g/mol. The van der Waals surface area contributed by atoms with Crippen molar-refractivity contribution in [1.82, 2.24) is 4.90 Å². The van der Waals surface area contributed by atoms with E-state index in [2.05, 4.69) is 0 Å². The molecule has 1 aromatic rings. The molecule has 162 valence electrons. The molecule has 9 nitrogen and oxygen atoms in total. The lowest BCUT2D eigenvalue weighted by atomic mass is 10.1. The lowest BCUT2D eigenvalue weighted by Gasteiger charge is -2.31. The highest BCUT2D eigenvalue weighted by molar-refractivity contribution is 6.03. The van der Waals surface area contributed by atoms with Gasteiger partial charge in [0.25, 0.3) is 0 Å². The minimum absolute atomic E-state index is 0.0506. The summed E-state index contributed by atoms with van der Waals surface area (Å²) in [7, 11) is 2.49. The number of fused-ring (bicyclic) bond motifs is 1. The molecule has 2 aliphatic heterocycles. The number of hydrogen-bond acceptors (Lipinski definition) is 8. The topological polar surface area (TPSA) is 94.6 Å². The summed E-state index contributed by atoms with van der Waals surface area (Å²) in [6.45, 7) is 6.30. The zero-order valence-corrected chi connectivity index (χ0v) is 17.8. The van der Waals surface area contributed by atoms with E-state index >= 15 is 0 Å². The molecule has 0 aliphatic carbocycles. The van der Waals surface area contributed by atoms with Crippen LogP contribution < -0.4 is 4.90 Å². The van der Waals surface area contributed by atoms with Crippen molar-refractivity contribution in [3.8, 4) is 0 Å². The number of methoxy groups -OCH3 is 2. The fourth-order valence-electron chi connectivity index (χ4n) is 3.35. The molecule has 2 heterocycles. The minimum Gasteiger partial charge on any atom is -0.466 e. The van der Waals surface area contributed by atoms with Crippen LogP contribution in [-0.4, -0.2) is 56.1 Å². The van der Waals surface area contributed by atoms with Crippen molar-refractivity contribution in [2.24, 2.45) is 0 Å². The summed E-state index contributed by atoms with van der Waals surface area (Å²) >= 11 is 0. The fourth-order valence-corrected chi connectivity index (χ4v) is 3.35. The monoisotopic (exact) mass is 418 g/mol. The van der Waals surface area contributed by atoms with E-state index in [1.165, 1.54) is 14.2 Å². The van der Waals surface area contributed by atoms with E-state index in [1.54, 1.807) is 9.80 Å². The van der Waals surface area contributed by atoms with Crippen LogP contribution in [0.15, 0.2) is 29.5 Å². The first-order valence-corrected chi connectivity index (χ1v) is 9.49. The van der Waals surface area contributed by atoms with E-state index in [0.29, 0.717) is 18.8 Å². The summed E-state index contributed by atoms with van der Waals surface area (Å²) in [4.78, 5) is 40.2. The van der Waals surface area contributed by atoms with Crippen LogP contribution in [0.1, 0.15) is 31.9 Å². The third kappa shape index (κ3) is 4.40. The van der Waals surface area contributed by atoms with E-state index in [4.69, 9.17) is 18.9 Å². The van der Waals surface area contributed by atoms with Crippen LogP contribution in [0.25, 0.3) is 0 Å². The van der Waals surface area contributed by atoms with Gasteiger partial charge >= 0.3 is 18.0 Å². The van der Waals surface area contributed by atoms with E-state index in [0.717, 1.165) is 11.1 Å². The Morgan fingerprint density at radius 2 is 1.67 bits per heavy atom. The molecule has 1 amide bonds. The van der Waals surface area contributed by atoms with Gasteiger partial charge in [-0.05, 0) is 44.0 Å². The van der Waals surface area contributed by atoms with Crippen molar-refractivity contribution in [2.75, 3.05) is 32.5 Å². The van der Waals surface area contributed by atoms with Crippen molar-refractivity contribution in [3.05, 3.63) is 40.6 Å². The van der Waals surface area contributed by atoms with Gasteiger partial charge in [-0.3, -0.25) is 4.90 Å². The van der Waals surface area contributed by atoms with Crippen molar-refractivity contribution in [3.63, 3.8) is 0 Å². The average molecular weight is 418 g/mol. The molecule has 1 aromatic carbocycles. The van der Waals surface area contributed by atoms with Gasteiger partial charge in [0, 0.05) is 18.8 Å². The number of carbonyl (C=O) groups excluding carboxylic acids is 3. The van der Waals surface area contributed by atoms with E-state index < -0.39 is 17.5 Å². The third-order valence-electron chi connectivity index (χ3n) is 4.71. The number of hydrogen-bond donors (Lipinski definition) is 0.